The summed E-state index contributed by atoms with van der Waals surface area (Å²) in [6, 6.07) is 9.81. The molecule has 5 nitrogen and oxygen atoms in total. The second-order valence-corrected chi connectivity index (χ2v) is 6.08. The molecule has 0 fully saturated rings. The van der Waals surface area contributed by atoms with Crippen molar-refractivity contribution in [2.24, 2.45) is 0 Å². The largest absolute Gasteiger partial charge is 0.453 e. The number of rotatable bonds is 2. The lowest BCUT2D eigenvalue weighted by Gasteiger charge is -2.24. The normalized spacial score (nSPS) is 16.6. The van der Waals surface area contributed by atoms with Crippen LogP contribution in [0.1, 0.15) is 23.0 Å². The highest BCUT2D eigenvalue weighted by molar-refractivity contribution is 6.30. The molecule has 3 heterocycles. The zero-order valence-corrected chi connectivity index (χ0v) is 13.8. The summed E-state index contributed by atoms with van der Waals surface area (Å²) in [7, 11) is 0. The molecule has 0 amide bonds. The second kappa shape index (κ2) is 6.14. The number of nitrogens with zero attached hydrogens (tertiary/aromatic N) is 4. The Morgan fingerprint density at radius 2 is 1.73 bits per heavy atom. The number of hydrogen-bond donors (Lipinski definition) is 1. The summed E-state index contributed by atoms with van der Waals surface area (Å²) < 4.78 is 40.4. The van der Waals surface area contributed by atoms with Gasteiger partial charge in [0.1, 0.15) is 6.04 Å². The molecule has 1 N–H and O–H groups in total. The molecule has 26 heavy (non-hydrogen) atoms. The third-order valence-electron chi connectivity index (χ3n) is 3.92. The highest BCUT2D eigenvalue weighted by atomic mass is 35.5. The van der Waals surface area contributed by atoms with Crippen LogP contribution in [0.3, 0.4) is 0 Å². The number of fused-ring (bicyclic) bond motifs is 1. The van der Waals surface area contributed by atoms with E-state index in [4.69, 9.17) is 11.6 Å². The topological polar surface area (TPSA) is 55.6 Å². The minimum atomic E-state index is -4.63. The van der Waals surface area contributed by atoms with Crippen molar-refractivity contribution in [1.29, 1.82) is 0 Å². The smallest absolute Gasteiger partial charge is 0.324 e. The van der Waals surface area contributed by atoms with E-state index in [0.717, 1.165) is 11.1 Å². The maximum atomic E-state index is 13.1. The average Bonchev–Trinajstić information content (AvgIpc) is 3.07. The second-order valence-electron chi connectivity index (χ2n) is 5.64. The molecule has 1 aromatic carbocycles. The van der Waals surface area contributed by atoms with Gasteiger partial charge in [-0.1, -0.05) is 23.7 Å². The van der Waals surface area contributed by atoms with Crippen molar-refractivity contribution in [3.8, 4) is 0 Å². The van der Waals surface area contributed by atoms with Crippen LogP contribution in [0.15, 0.2) is 54.9 Å². The summed E-state index contributed by atoms with van der Waals surface area (Å²) in [6.07, 6.45) is 0.374. The van der Waals surface area contributed by atoms with Crippen molar-refractivity contribution in [2.45, 2.75) is 12.2 Å². The SMILES string of the molecule is FC(F)(F)c1nc2n(n1)[C@H](c1ccc(Cl)cc1)C=C(c1ccncc1)N2. The Labute approximate surface area is 151 Å². The Balaban J connectivity index is 1.84. The van der Waals surface area contributed by atoms with Gasteiger partial charge in [0.05, 0.1) is 0 Å². The lowest BCUT2D eigenvalue weighted by Crippen LogP contribution is -2.20. The first-order valence-corrected chi connectivity index (χ1v) is 7.98. The Kier molecular flexibility index (Phi) is 3.91. The Hall–Kier alpha value is -2.87. The Morgan fingerprint density at radius 1 is 1.04 bits per heavy atom. The van der Waals surface area contributed by atoms with Crippen molar-refractivity contribution in [2.75, 3.05) is 5.32 Å². The number of anilines is 1. The molecule has 0 saturated heterocycles. The Bertz CT molecular complexity index is 964. The number of alkyl halides is 3. The van der Waals surface area contributed by atoms with Gasteiger partial charge in [0, 0.05) is 28.7 Å². The van der Waals surface area contributed by atoms with Gasteiger partial charge in [0.15, 0.2) is 0 Å². The predicted molar refractivity (Wildman–Crippen MR) is 90.5 cm³/mol. The summed E-state index contributed by atoms with van der Waals surface area (Å²) in [4.78, 5) is 7.58. The molecule has 0 saturated carbocycles. The van der Waals surface area contributed by atoms with Gasteiger partial charge in [0.2, 0.25) is 5.95 Å². The van der Waals surface area contributed by atoms with Gasteiger partial charge in [-0.25, -0.2) is 4.68 Å². The van der Waals surface area contributed by atoms with Crippen LogP contribution in [0.25, 0.3) is 5.70 Å². The van der Waals surface area contributed by atoms with E-state index in [1.54, 1.807) is 54.9 Å². The van der Waals surface area contributed by atoms with E-state index >= 15 is 0 Å². The molecular weight excluding hydrogens is 367 g/mol. The molecule has 1 atom stereocenters. The number of halogens is 4. The van der Waals surface area contributed by atoms with E-state index in [0.29, 0.717) is 10.7 Å². The fraction of sp³-hybridized carbons (Fsp3) is 0.118. The third-order valence-corrected chi connectivity index (χ3v) is 4.17. The van der Waals surface area contributed by atoms with Gasteiger partial charge in [-0.15, -0.1) is 5.10 Å². The van der Waals surface area contributed by atoms with E-state index in [-0.39, 0.29) is 5.95 Å². The first-order chi connectivity index (χ1) is 12.4. The molecular formula is C17H11ClF3N5. The van der Waals surface area contributed by atoms with Crippen LogP contribution in [-0.4, -0.2) is 19.7 Å². The average molecular weight is 378 g/mol. The summed E-state index contributed by atoms with van der Waals surface area (Å²) in [5.74, 6) is -1.17. The van der Waals surface area contributed by atoms with Crippen molar-refractivity contribution in [3.63, 3.8) is 0 Å². The minimum absolute atomic E-state index is 0.0200. The molecule has 0 bridgehead atoms. The molecule has 0 radical (unpaired) electrons. The summed E-state index contributed by atoms with van der Waals surface area (Å²) >= 11 is 5.92. The molecule has 9 heteroatoms. The Morgan fingerprint density at radius 3 is 2.38 bits per heavy atom. The molecule has 2 aromatic heterocycles. The van der Waals surface area contributed by atoms with Crippen LogP contribution in [0.2, 0.25) is 5.02 Å². The molecule has 4 rings (SSSR count). The third kappa shape index (κ3) is 3.03. The molecule has 0 unspecified atom stereocenters. The lowest BCUT2D eigenvalue weighted by atomic mass is 10.0. The summed E-state index contributed by atoms with van der Waals surface area (Å²) in [5, 5.41) is 7.11. The van der Waals surface area contributed by atoms with Crippen molar-refractivity contribution in [1.82, 2.24) is 19.7 Å². The number of benzene rings is 1. The summed E-state index contributed by atoms with van der Waals surface area (Å²) in [5.41, 5.74) is 2.14. The lowest BCUT2D eigenvalue weighted by molar-refractivity contribution is -0.145. The van der Waals surface area contributed by atoms with Crippen molar-refractivity contribution < 1.29 is 13.2 Å². The predicted octanol–water partition coefficient (Wildman–Crippen LogP) is 4.40. The standard InChI is InChI=1S/C17H11ClF3N5/c18-12-3-1-11(2-4-12)14-9-13(10-5-7-22-8-6-10)23-16-24-15(17(19,20)21)25-26(14)16/h1-9,14H,(H,23,24,25)/t14-/m0/s1. The van der Waals surface area contributed by atoms with Gasteiger partial charge in [-0.2, -0.15) is 18.2 Å². The highest BCUT2D eigenvalue weighted by Gasteiger charge is 2.39. The van der Waals surface area contributed by atoms with E-state index in [1.165, 1.54) is 4.68 Å². The van der Waals surface area contributed by atoms with Crippen LogP contribution in [-0.2, 0) is 6.18 Å². The maximum absolute atomic E-state index is 13.1. The van der Waals surface area contributed by atoms with Gasteiger partial charge in [-0.05, 0) is 35.9 Å². The van der Waals surface area contributed by atoms with Crippen LogP contribution < -0.4 is 5.32 Å². The van der Waals surface area contributed by atoms with Crippen LogP contribution in [0.4, 0.5) is 19.1 Å². The molecule has 132 valence electrons. The quantitative estimate of drug-likeness (QED) is 0.719. The zero-order chi connectivity index (χ0) is 18.3. The highest BCUT2D eigenvalue weighted by Crippen LogP contribution is 2.35. The van der Waals surface area contributed by atoms with Gasteiger partial charge >= 0.3 is 6.18 Å². The first-order valence-electron chi connectivity index (χ1n) is 7.60. The summed E-state index contributed by atoms with van der Waals surface area (Å²) in [6.45, 7) is 0. The van der Waals surface area contributed by atoms with Gasteiger partial charge < -0.3 is 5.32 Å². The van der Waals surface area contributed by atoms with Crippen LogP contribution >= 0.6 is 11.6 Å². The molecule has 1 aliphatic rings. The minimum Gasteiger partial charge on any atom is -0.324 e. The number of nitrogens with one attached hydrogen (secondary N) is 1. The molecule has 0 spiro atoms. The molecule has 1 aliphatic heterocycles. The molecule has 0 aliphatic carbocycles. The van der Waals surface area contributed by atoms with Gasteiger partial charge in [-0.3, -0.25) is 4.98 Å². The van der Waals surface area contributed by atoms with E-state index in [9.17, 15) is 13.2 Å². The van der Waals surface area contributed by atoms with E-state index < -0.39 is 18.0 Å². The van der Waals surface area contributed by atoms with Crippen LogP contribution in [0.5, 0.6) is 0 Å². The monoisotopic (exact) mass is 377 g/mol. The first kappa shape index (κ1) is 16.6. The van der Waals surface area contributed by atoms with Crippen molar-refractivity contribution in [3.05, 3.63) is 76.8 Å². The molecule has 3 aromatic rings. The fourth-order valence-electron chi connectivity index (χ4n) is 2.71. The van der Waals surface area contributed by atoms with E-state index in [1.807, 2.05) is 0 Å². The van der Waals surface area contributed by atoms with Crippen molar-refractivity contribution >= 4 is 23.2 Å². The fourth-order valence-corrected chi connectivity index (χ4v) is 2.84. The number of hydrogen-bond acceptors (Lipinski definition) is 4. The van der Waals surface area contributed by atoms with Gasteiger partial charge in [0.25, 0.3) is 5.82 Å². The van der Waals surface area contributed by atoms with E-state index in [2.05, 4.69) is 20.4 Å². The zero-order valence-electron chi connectivity index (χ0n) is 13.1. The number of allylic oxidation sites excluding steroid dienone is 1. The van der Waals surface area contributed by atoms with Crippen LogP contribution in [0, 0.1) is 0 Å². The maximum Gasteiger partial charge on any atom is 0.453 e. The number of pyridine rings is 1. The number of aromatic nitrogens is 4.